The third-order valence-electron chi connectivity index (χ3n) is 3.09. The summed E-state index contributed by atoms with van der Waals surface area (Å²) in [6.45, 7) is 0. The van der Waals surface area contributed by atoms with Crippen LogP contribution in [0, 0.1) is 0 Å². The summed E-state index contributed by atoms with van der Waals surface area (Å²) in [7, 11) is 0. The molecule has 0 saturated carbocycles. The number of hydrogen-bond donors (Lipinski definition) is 1. The minimum Gasteiger partial charge on any atom is -0.366 e. The van der Waals surface area contributed by atoms with Crippen molar-refractivity contribution in [3.63, 3.8) is 0 Å². The Bertz CT molecular complexity index is 851. The molecule has 0 unspecified atom stereocenters. The average molecular weight is 264 g/mol. The predicted molar refractivity (Wildman–Crippen MR) is 77.7 cm³/mol. The molecule has 0 aliphatic carbocycles. The monoisotopic (exact) mass is 264 g/mol. The van der Waals surface area contributed by atoms with E-state index in [0.29, 0.717) is 11.1 Å². The molecule has 98 valence electrons. The van der Waals surface area contributed by atoms with Crippen molar-refractivity contribution < 1.29 is 9.32 Å². The van der Waals surface area contributed by atoms with Gasteiger partial charge >= 0.3 is 0 Å². The maximum Gasteiger partial charge on any atom is 0.249 e. The van der Waals surface area contributed by atoms with Gasteiger partial charge in [0, 0.05) is 16.3 Å². The lowest BCUT2D eigenvalue weighted by atomic mass is 10.0. The second kappa shape index (κ2) is 5.01. The lowest BCUT2D eigenvalue weighted by molar-refractivity contribution is 0.100. The Kier molecular flexibility index (Phi) is 3.05. The lowest BCUT2D eigenvalue weighted by Gasteiger charge is -2.03. The molecule has 0 aliphatic rings. The van der Waals surface area contributed by atoms with Crippen molar-refractivity contribution in [2.75, 3.05) is 0 Å². The van der Waals surface area contributed by atoms with Gasteiger partial charge in [0.15, 0.2) is 5.58 Å². The predicted octanol–water partition coefficient (Wildman–Crippen LogP) is 3.20. The molecule has 4 nitrogen and oxygen atoms in total. The molecule has 0 atom stereocenters. The second-order valence-corrected chi connectivity index (χ2v) is 4.34. The molecule has 1 amide bonds. The number of benzene rings is 2. The summed E-state index contributed by atoms with van der Waals surface area (Å²) in [6.07, 6.45) is 1.56. The first-order valence-electron chi connectivity index (χ1n) is 6.16. The van der Waals surface area contributed by atoms with Gasteiger partial charge in [-0.15, -0.1) is 0 Å². The van der Waals surface area contributed by atoms with Crippen LogP contribution in [0.1, 0.15) is 10.4 Å². The molecule has 0 bridgehead atoms. The van der Waals surface area contributed by atoms with Crippen LogP contribution >= 0.6 is 0 Å². The van der Waals surface area contributed by atoms with E-state index in [-0.39, 0.29) is 0 Å². The van der Waals surface area contributed by atoms with Crippen LogP contribution in [-0.4, -0.2) is 11.1 Å². The molecule has 2 aromatic carbocycles. The van der Waals surface area contributed by atoms with Crippen molar-refractivity contribution in [3.8, 4) is 0 Å². The first kappa shape index (κ1) is 12.2. The van der Waals surface area contributed by atoms with Crippen LogP contribution in [0.25, 0.3) is 21.7 Å². The van der Waals surface area contributed by atoms with Crippen molar-refractivity contribution in [1.82, 2.24) is 5.16 Å². The zero-order chi connectivity index (χ0) is 13.9. The van der Waals surface area contributed by atoms with Crippen molar-refractivity contribution in [1.29, 1.82) is 0 Å². The fraction of sp³-hybridized carbons (Fsp3) is 0. The van der Waals surface area contributed by atoms with Gasteiger partial charge in [-0.1, -0.05) is 41.6 Å². The maximum absolute atomic E-state index is 11.7. The number of nitrogens with zero attached hydrogens (tertiary/aromatic N) is 1. The quantitative estimate of drug-likeness (QED) is 0.733. The molecule has 0 aliphatic heterocycles. The number of nitrogens with two attached hydrogens (primary N) is 1. The molecule has 3 aromatic rings. The maximum atomic E-state index is 11.7. The van der Waals surface area contributed by atoms with Gasteiger partial charge < -0.3 is 10.3 Å². The second-order valence-electron chi connectivity index (χ2n) is 4.34. The summed E-state index contributed by atoms with van der Waals surface area (Å²) >= 11 is 0. The van der Waals surface area contributed by atoms with E-state index in [4.69, 9.17) is 10.3 Å². The number of para-hydroxylation sites is 1. The molecule has 0 fully saturated rings. The highest BCUT2D eigenvalue weighted by Gasteiger charge is 2.08. The third kappa shape index (κ3) is 2.07. The van der Waals surface area contributed by atoms with Crippen LogP contribution in [0.2, 0.25) is 0 Å². The van der Waals surface area contributed by atoms with Crippen molar-refractivity contribution >= 4 is 27.6 Å². The summed E-state index contributed by atoms with van der Waals surface area (Å²) in [4.78, 5) is 11.7. The standard InChI is InChI=1S/C16H12N2O2/c17-16(19)13-8-3-5-11-6-4-10-18-20-14-9-2-1-7-12(14)15(11)13/h1-10H,(H2,17,19). The number of carbonyl (C=O) groups is 1. The summed E-state index contributed by atoms with van der Waals surface area (Å²) in [5.74, 6) is -0.467. The molecule has 1 aromatic heterocycles. The van der Waals surface area contributed by atoms with Gasteiger partial charge in [-0.25, -0.2) is 0 Å². The summed E-state index contributed by atoms with van der Waals surface area (Å²) < 4.78 is 5.37. The van der Waals surface area contributed by atoms with Crippen LogP contribution in [0.3, 0.4) is 0 Å². The van der Waals surface area contributed by atoms with Gasteiger partial charge in [0.1, 0.15) is 0 Å². The van der Waals surface area contributed by atoms with E-state index in [0.717, 1.165) is 16.2 Å². The van der Waals surface area contributed by atoms with Crippen molar-refractivity contribution in [2.24, 2.45) is 5.73 Å². The van der Waals surface area contributed by atoms with E-state index in [9.17, 15) is 4.79 Å². The third-order valence-corrected chi connectivity index (χ3v) is 3.09. The Hall–Kier alpha value is -2.88. The number of carbonyl (C=O) groups excluding carboxylic acids is 1. The van der Waals surface area contributed by atoms with Crippen molar-refractivity contribution in [3.05, 3.63) is 66.4 Å². The highest BCUT2D eigenvalue weighted by Crippen LogP contribution is 2.25. The highest BCUT2D eigenvalue weighted by molar-refractivity contribution is 6.15. The van der Waals surface area contributed by atoms with E-state index in [1.807, 2.05) is 36.4 Å². The fourth-order valence-corrected chi connectivity index (χ4v) is 2.24. The van der Waals surface area contributed by atoms with E-state index in [2.05, 4.69) is 5.16 Å². The van der Waals surface area contributed by atoms with Crippen molar-refractivity contribution in [2.45, 2.75) is 0 Å². The van der Waals surface area contributed by atoms with Gasteiger partial charge in [-0.2, -0.15) is 0 Å². The number of aromatic nitrogens is 1. The first-order chi connectivity index (χ1) is 9.77. The van der Waals surface area contributed by atoms with Gasteiger partial charge in [0.2, 0.25) is 5.91 Å². The van der Waals surface area contributed by atoms with Gasteiger partial charge in [0.25, 0.3) is 0 Å². The van der Waals surface area contributed by atoms with Gasteiger partial charge in [-0.3, -0.25) is 4.79 Å². The Morgan fingerprint density at radius 3 is 2.65 bits per heavy atom. The highest BCUT2D eigenvalue weighted by atomic mass is 16.5. The largest absolute Gasteiger partial charge is 0.366 e. The molecular weight excluding hydrogens is 252 g/mol. The van der Waals surface area contributed by atoms with Crippen LogP contribution < -0.4 is 5.73 Å². The normalized spacial score (nSPS) is 10.4. The first-order valence-corrected chi connectivity index (χ1v) is 6.16. The van der Waals surface area contributed by atoms with Gasteiger partial charge in [0.05, 0.1) is 6.20 Å². The number of amides is 1. The smallest absolute Gasteiger partial charge is 0.249 e. The fourth-order valence-electron chi connectivity index (χ4n) is 2.24. The van der Waals surface area contributed by atoms with E-state index in [1.54, 1.807) is 24.4 Å². The van der Waals surface area contributed by atoms with E-state index < -0.39 is 5.91 Å². The lowest BCUT2D eigenvalue weighted by Crippen LogP contribution is -2.11. The Morgan fingerprint density at radius 2 is 1.80 bits per heavy atom. The topological polar surface area (TPSA) is 69.1 Å². The number of rotatable bonds is 1. The molecule has 4 heteroatoms. The number of fused-ring (bicyclic) bond motifs is 3. The van der Waals surface area contributed by atoms with Crippen LogP contribution in [0.4, 0.5) is 0 Å². The SMILES string of the molecule is NC(=O)c1cccc2cccnoc3ccccc3c12. The average Bonchev–Trinajstić information content (AvgIpc) is 2.55. The van der Waals surface area contributed by atoms with E-state index in [1.165, 1.54) is 0 Å². The summed E-state index contributed by atoms with van der Waals surface area (Å²) in [5.41, 5.74) is 6.54. The Labute approximate surface area is 115 Å². The van der Waals surface area contributed by atoms with E-state index >= 15 is 0 Å². The molecule has 1 heterocycles. The molecular formula is C16H12N2O2. The van der Waals surface area contributed by atoms with Crippen LogP contribution in [0.15, 0.2) is 65.3 Å². The molecule has 0 radical (unpaired) electrons. The zero-order valence-electron chi connectivity index (χ0n) is 10.6. The summed E-state index contributed by atoms with van der Waals surface area (Å²) in [6, 6.07) is 16.5. The van der Waals surface area contributed by atoms with Crippen LogP contribution in [0.5, 0.6) is 0 Å². The Morgan fingerprint density at radius 1 is 1.00 bits per heavy atom. The minimum absolute atomic E-state index is 0.463. The Balaban J connectivity index is 2.67. The molecule has 0 spiro atoms. The van der Waals surface area contributed by atoms with Crippen LogP contribution in [-0.2, 0) is 0 Å². The number of primary amides is 1. The van der Waals surface area contributed by atoms with Gasteiger partial charge in [-0.05, 0) is 23.6 Å². The molecule has 3 rings (SSSR count). The minimum atomic E-state index is -0.467. The molecule has 2 N–H and O–H groups in total. The molecule has 20 heavy (non-hydrogen) atoms. The molecule has 0 saturated heterocycles. The zero-order valence-corrected chi connectivity index (χ0v) is 10.6. The summed E-state index contributed by atoms with van der Waals surface area (Å²) in [5, 5.41) is 6.31. The number of hydrogen-bond acceptors (Lipinski definition) is 3.